The number of hydrogen-bond acceptors (Lipinski definition) is 9. The van der Waals surface area contributed by atoms with Crippen molar-refractivity contribution in [3.8, 4) is 28.6 Å². The Bertz CT molecular complexity index is 1880. The predicted octanol–water partition coefficient (Wildman–Crippen LogP) is 3.76. The number of nitrogens with one attached hydrogen (secondary N) is 1. The SMILES string of the molecule is COc1ccc(-c2oc3cc(C)oc(=O)c3c2CC(=O)NCCn2c(C)nc3cc(OC)c(OC)cc3c2=O)cc1. The van der Waals surface area contributed by atoms with E-state index in [9.17, 15) is 14.4 Å². The van der Waals surface area contributed by atoms with E-state index in [1.165, 1.54) is 18.8 Å². The summed E-state index contributed by atoms with van der Waals surface area (Å²) in [5.41, 5.74) is 1.07. The summed E-state index contributed by atoms with van der Waals surface area (Å²) in [4.78, 5) is 43.7. The van der Waals surface area contributed by atoms with Crippen molar-refractivity contribution in [2.45, 2.75) is 26.8 Å². The molecule has 41 heavy (non-hydrogen) atoms. The Morgan fingerprint density at radius 3 is 2.34 bits per heavy atom. The number of carbonyl (C=O) groups excluding carboxylic acids is 1. The zero-order valence-electron chi connectivity index (χ0n) is 23.3. The molecule has 0 spiro atoms. The third-order valence-corrected chi connectivity index (χ3v) is 6.82. The van der Waals surface area contributed by atoms with E-state index in [0.29, 0.717) is 62.2 Å². The van der Waals surface area contributed by atoms with Crippen LogP contribution in [-0.4, -0.2) is 43.3 Å². The number of benzene rings is 2. The highest BCUT2D eigenvalue weighted by Gasteiger charge is 2.22. The molecule has 11 nitrogen and oxygen atoms in total. The second kappa shape index (κ2) is 11.2. The van der Waals surface area contributed by atoms with Crippen molar-refractivity contribution in [2.75, 3.05) is 27.9 Å². The fourth-order valence-corrected chi connectivity index (χ4v) is 4.82. The molecule has 5 aromatic rings. The zero-order valence-corrected chi connectivity index (χ0v) is 23.3. The topological polar surface area (TPSA) is 135 Å². The van der Waals surface area contributed by atoms with Crippen LogP contribution in [0.25, 0.3) is 33.2 Å². The average molecular weight is 560 g/mol. The van der Waals surface area contributed by atoms with Crippen molar-refractivity contribution in [2.24, 2.45) is 0 Å². The summed E-state index contributed by atoms with van der Waals surface area (Å²) in [5, 5.41) is 3.43. The predicted molar refractivity (Wildman–Crippen MR) is 152 cm³/mol. The van der Waals surface area contributed by atoms with Crippen LogP contribution in [0.5, 0.6) is 17.2 Å². The Labute approximate surface area is 234 Å². The first-order chi connectivity index (χ1) is 19.7. The number of carbonyl (C=O) groups is 1. The zero-order chi connectivity index (χ0) is 29.3. The molecular weight excluding hydrogens is 530 g/mol. The highest BCUT2D eigenvalue weighted by molar-refractivity contribution is 5.92. The van der Waals surface area contributed by atoms with Crippen LogP contribution in [0.15, 0.2) is 60.9 Å². The molecular formula is C30H29N3O8. The van der Waals surface area contributed by atoms with E-state index in [-0.39, 0.29) is 36.4 Å². The van der Waals surface area contributed by atoms with Crippen molar-refractivity contribution in [1.82, 2.24) is 14.9 Å². The maximum Gasteiger partial charge on any atom is 0.347 e. The Balaban J connectivity index is 1.39. The van der Waals surface area contributed by atoms with Crippen LogP contribution in [0.4, 0.5) is 0 Å². The van der Waals surface area contributed by atoms with Crippen LogP contribution in [0.1, 0.15) is 17.1 Å². The molecule has 0 radical (unpaired) electrons. The second-order valence-electron chi connectivity index (χ2n) is 9.39. The molecule has 0 aliphatic heterocycles. The molecule has 0 saturated heterocycles. The fraction of sp³-hybridized carbons (Fsp3) is 0.267. The van der Waals surface area contributed by atoms with Gasteiger partial charge >= 0.3 is 5.63 Å². The molecule has 3 aromatic heterocycles. The lowest BCUT2D eigenvalue weighted by Gasteiger charge is -2.13. The number of nitrogens with zero attached hydrogens (tertiary/aromatic N) is 2. The first-order valence-corrected chi connectivity index (χ1v) is 12.8. The number of rotatable bonds is 9. The van der Waals surface area contributed by atoms with Gasteiger partial charge in [0, 0.05) is 36.3 Å². The van der Waals surface area contributed by atoms with Gasteiger partial charge in [-0.3, -0.25) is 14.2 Å². The highest BCUT2D eigenvalue weighted by Crippen LogP contribution is 2.34. The molecule has 3 heterocycles. The number of aromatic nitrogens is 2. The van der Waals surface area contributed by atoms with E-state index >= 15 is 0 Å². The van der Waals surface area contributed by atoms with Gasteiger partial charge in [-0.25, -0.2) is 9.78 Å². The molecule has 1 amide bonds. The lowest BCUT2D eigenvalue weighted by atomic mass is 10.0. The lowest BCUT2D eigenvalue weighted by Crippen LogP contribution is -2.33. The summed E-state index contributed by atoms with van der Waals surface area (Å²) in [6, 6.07) is 12.0. The minimum absolute atomic E-state index is 0.136. The summed E-state index contributed by atoms with van der Waals surface area (Å²) in [6.07, 6.45) is -0.136. The van der Waals surface area contributed by atoms with Gasteiger partial charge in [0.2, 0.25) is 5.91 Å². The largest absolute Gasteiger partial charge is 0.497 e. The Hall–Kier alpha value is -5.06. The standard InChI is InChI=1S/C30H29N3O8/c1-16-12-25-27(30(36)40-16)21(28(41-25)18-6-8-19(37-3)9-7-18)14-26(34)31-10-11-33-17(2)32-22-15-24(39-5)23(38-4)13-20(22)29(33)35/h6-9,12-13,15H,10-11,14H2,1-5H3,(H,31,34). The first kappa shape index (κ1) is 27.5. The average Bonchev–Trinajstić information content (AvgIpc) is 3.32. The maximum atomic E-state index is 13.3. The van der Waals surface area contributed by atoms with E-state index in [0.717, 1.165) is 0 Å². The van der Waals surface area contributed by atoms with Crippen LogP contribution >= 0.6 is 0 Å². The van der Waals surface area contributed by atoms with Crippen molar-refractivity contribution < 1.29 is 27.8 Å². The summed E-state index contributed by atoms with van der Waals surface area (Å²) >= 11 is 0. The summed E-state index contributed by atoms with van der Waals surface area (Å²) in [7, 11) is 4.58. The number of hydrogen-bond donors (Lipinski definition) is 1. The molecule has 0 fully saturated rings. The number of fused-ring (bicyclic) bond motifs is 2. The Morgan fingerprint density at radius 1 is 0.951 bits per heavy atom. The van der Waals surface area contributed by atoms with Crippen LogP contribution in [0.3, 0.4) is 0 Å². The minimum atomic E-state index is -0.581. The van der Waals surface area contributed by atoms with Crippen LogP contribution < -0.4 is 30.7 Å². The number of methoxy groups -OCH3 is 3. The maximum absolute atomic E-state index is 13.3. The highest BCUT2D eigenvalue weighted by atomic mass is 16.5. The molecule has 11 heteroatoms. The Morgan fingerprint density at radius 2 is 1.66 bits per heavy atom. The van der Waals surface area contributed by atoms with Crippen molar-refractivity contribution in [3.05, 3.63) is 80.4 Å². The molecule has 5 rings (SSSR count). The molecule has 0 unspecified atom stereocenters. The van der Waals surface area contributed by atoms with Gasteiger partial charge in [-0.15, -0.1) is 0 Å². The Kier molecular flexibility index (Phi) is 7.52. The van der Waals surface area contributed by atoms with Gasteiger partial charge < -0.3 is 28.4 Å². The molecule has 0 bridgehead atoms. The van der Waals surface area contributed by atoms with Crippen molar-refractivity contribution in [1.29, 1.82) is 0 Å². The van der Waals surface area contributed by atoms with E-state index in [1.807, 2.05) is 0 Å². The molecule has 0 saturated carbocycles. The molecule has 1 N–H and O–H groups in total. The van der Waals surface area contributed by atoms with Crippen molar-refractivity contribution >= 4 is 27.8 Å². The smallest absolute Gasteiger partial charge is 0.347 e. The first-order valence-electron chi connectivity index (χ1n) is 12.8. The minimum Gasteiger partial charge on any atom is -0.497 e. The molecule has 0 atom stereocenters. The van der Waals surface area contributed by atoms with Gasteiger partial charge in [0.1, 0.15) is 34.1 Å². The number of furan rings is 1. The monoisotopic (exact) mass is 559 g/mol. The number of aryl methyl sites for hydroxylation is 2. The van der Waals surface area contributed by atoms with Crippen LogP contribution in [0.2, 0.25) is 0 Å². The van der Waals surface area contributed by atoms with E-state index in [1.54, 1.807) is 63.4 Å². The number of amides is 1. The summed E-state index contributed by atoms with van der Waals surface area (Å²) in [6.45, 7) is 3.72. The quantitative estimate of drug-likeness (QED) is 0.286. The molecule has 2 aromatic carbocycles. The third kappa shape index (κ3) is 5.25. The van der Waals surface area contributed by atoms with E-state index in [4.69, 9.17) is 23.0 Å². The van der Waals surface area contributed by atoms with Crippen LogP contribution in [-0.2, 0) is 17.8 Å². The third-order valence-electron chi connectivity index (χ3n) is 6.82. The van der Waals surface area contributed by atoms with Crippen LogP contribution in [0, 0.1) is 13.8 Å². The normalized spacial score (nSPS) is 11.1. The van der Waals surface area contributed by atoms with Gasteiger partial charge in [0.25, 0.3) is 5.56 Å². The van der Waals surface area contributed by atoms with Gasteiger partial charge in [-0.05, 0) is 44.2 Å². The van der Waals surface area contributed by atoms with Gasteiger partial charge in [0.15, 0.2) is 11.5 Å². The molecule has 0 aliphatic carbocycles. The molecule has 212 valence electrons. The summed E-state index contributed by atoms with van der Waals surface area (Å²) in [5.74, 6) is 2.47. The summed E-state index contributed by atoms with van der Waals surface area (Å²) < 4.78 is 28.7. The van der Waals surface area contributed by atoms with E-state index < -0.39 is 5.63 Å². The van der Waals surface area contributed by atoms with E-state index in [2.05, 4.69) is 10.3 Å². The van der Waals surface area contributed by atoms with Gasteiger partial charge in [-0.2, -0.15) is 0 Å². The second-order valence-corrected chi connectivity index (χ2v) is 9.39. The van der Waals surface area contributed by atoms with Gasteiger partial charge in [-0.1, -0.05) is 0 Å². The molecule has 0 aliphatic rings. The van der Waals surface area contributed by atoms with Crippen molar-refractivity contribution in [3.63, 3.8) is 0 Å². The van der Waals surface area contributed by atoms with Gasteiger partial charge in [0.05, 0.1) is 38.7 Å². The lowest BCUT2D eigenvalue weighted by molar-refractivity contribution is -0.120. The number of ether oxygens (including phenoxy) is 3. The fourth-order valence-electron chi connectivity index (χ4n) is 4.82.